The average molecular weight is 106 g/mol. The molecule has 0 saturated heterocycles. The summed E-state index contributed by atoms with van der Waals surface area (Å²) in [4.78, 5) is 0. The monoisotopic (exact) mass is 106 g/mol. The fourth-order valence-corrected chi connectivity index (χ4v) is 1.03. The topological polar surface area (TPSA) is 0 Å². The molecular formula is C4H11FSi. The van der Waals surface area contributed by atoms with Gasteiger partial charge in [0.15, 0.2) is 0 Å². The van der Waals surface area contributed by atoms with Crippen LogP contribution in [0, 0.1) is 0 Å². The molecule has 0 nitrogen and oxygen atoms in total. The standard InChI is InChI=1S/C4H11FSi/c1-2-3-6-4-5/h2-4,6H2,1H3. The molecule has 0 atom stereocenters. The maximum Gasteiger partial charge on any atom is 0.0731 e. The molecule has 0 heterocycles. The summed E-state index contributed by atoms with van der Waals surface area (Å²) in [6, 6.07) is 1.18. The van der Waals surface area contributed by atoms with Crippen molar-refractivity contribution < 1.29 is 4.39 Å². The van der Waals surface area contributed by atoms with Crippen LogP contribution in [0.1, 0.15) is 13.3 Å². The predicted molar refractivity (Wildman–Crippen MR) is 29.6 cm³/mol. The van der Waals surface area contributed by atoms with E-state index in [9.17, 15) is 4.39 Å². The zero-order valence-corrected chi connectivity index (χ0v) is 5.62. The van der Waals surface area contributed by atoms with Crippen molar-refractivity contribution in [3.63, 3.8) is 0 Å². The molecule has 0 amide bonds. The highest BCUT2D eigenvalue weighted by Gasteiger charge is 1.79. The summed E-state index contributed by atoms with van der Waals surface area (Å²) in [5.41, 5.74) is 0. The smallest absolute Gasteiger partial charge is 0.0731 e. The summed E-state index contributed by atoms with van der Waals surface area (Å²) in [6.45, 7) is 2.10. The van der Waals surface area contributed by atoms with Crippen LogP contribution in [-0.4, -0.2) is 15.8 Å². The van der Waals surface area contributed by atoms with Gasteiger partial charge >= 0.3 is 0 Å². The number of hydrogen-bond acceptors (Lipinski definition) is 0. The fourth-order valence-electron chi connectivity index (χ4n) is 0.344. The van der Waals surface area contributed by atoms with Gasteiger partial charge in [-0.25, -0.2) is 0 Å². The van der Waals surface area contributed by atoms with Gasteiger partial charge in [0, 0.05) is 0 Å². The van der Waals surface area contributed by atoms with E-state index < -0.39 is 0 Å². The molecule has 6 heavy (non-hydrogen) atoms. The van der Waals surface area contributed by atoms with E-state index in [1.165, 1.54) is 12.5 Å². The Hall–Kier alpha value is 0.147. The molecule has 0 spiro atoms. The van der Waals surface area contributed by atoms with Crippen molar-refractivity contribution in [2.45, 2.75) is 19.4 Å². The van der Waals surface area contributed by atoms with E-state index >= 15 is 0 Å². The van der Waals surface area contributed by atoms with Crippen LogP contribution in [0.25, 0.3) is 0 Å². The predicted octanol–water partition coefficient (Wildman–Crippen LogP) is 0.910. The lowest BCUT2D eigenvalue weighted by atomic mass is 10.6. The number of hydrogen-bond donors (Lipinski definition) is 0. The average Bonchev–Trinajstić information content (AvgIpc) is 1.61. The summed E-state index contributed by atoms with van der Waals surface area (Å²) >= 11 is 0. The highest BCUT2D eigenvalue weighted by Crippen LogP contribution is 1.83. The van der Waals surface area contributed by atoms with Gasteiger partial charge in [0.1, 0.15) is 0 Å². The molecule has 0 aliphatic carbocycles. The fraction of sp³-hybridized carbons (Fsp3) is 1.00. The maximum atomic E-state index is 11.2. The summed E-state index contributed by atoms with van der Waals surface area (Å²) in [6.07, 6.45) is 1.17. The van der Waals surface area contributed by atoms with Gasteiger partial charge in [0.05, 0.1) is 15.8 Å². The second-order valence-corrected chi connectivity index (χ2v) is 3.19. The summed E-state index contributed by atoms with van der Waals surface area (Å²) < 4.78 is 11.2. The summed E-state index contributed by atoms with van der Waals surface area (Å²) in [7, 11) is -0.245. The van der Waals surface area contributed by atoms with Crippen molar-refractivity contribution in [3.8, 4) is 0 Å². The van der Waals surface area contributed by atoms with Crippen LogP contribution in [-0.2, 0) is 0 Å². The Bertz CT molecular complexity index is 19.5. The minimum Gasteiger partial charge on any atom is -0.256 e. The van der Waals surface area contributed by atoms with Crippen LogP contribution in [0.2, 0.25) is 6.04 Å². The minimum atomic E-state index is -0.245. The van der Waals surface area contributed by atoms with E-state index in [0.717, 1.165) is 0 Å². The minimum absolute atomic E-state index is 0.00611. The molecule has 0 aliphatic rings. The first-order valence-electron chi connectivity index (χ1n) is 2.47. The highest BCUT2D eigenvalue weighted by molar-refractivity contribution is 6.35. The second kappa shape index (κ2) is 5.15. The third-order valence-electron chi connectivity index (χ3n) is 0.737. The SMILES string of the molecule is CCC[SiH2]CF. The Kier molecular flexibility index (Phi) is 5.27. The number of halogens is 1. The molecule has 0 rings (SSSR count). The van der Waals surface area contributed by atoms with Crippen LogP contribution in [0.5, 0.6) is 0 Å². The van der Waals surface area contributed by atoms with Gasteiger partial charge in [-0.05, 0) is 0 Å². The quantitative estimate of drug-likeness (QED) is 0.370. The lowest BCUT2D eigenvalue weighted by molar-refractivity contribution is 0.592. The summed E-state index contributed by atoms with van der Waals surface area (Å²) in [5, 5.41) is 0. The van der Waals surface area contributed by atoms with Crippen LogP contribution >= 0.6 is 0 Å². The number of rotatable bonds is 3. The van der Waals surface area contributed by atoms with Crippen molar-refractivity contribution in [1.82, 2.24) is 0 Å². The Morgan fingerprint density at radius 2 is 2.33 bits per heavy atom. The molecule has 38 valence electrons. The maximum absolute atomic E-state index is 11.2. The first kappa shape index (κ1) is 6.15. The van der Waals surface area contributed by atoms with Gasteiger partial charge in [-0.2, -0.15) is 0 Å². The van der Waals surface area contributed by atoms with Gasteiger partial charge in [-0.1, -0.05) is 19.4 Å². The Balaban J connectivity index is 2.34. The molecular weight excluding hydrogens is 95.1 g/mol. The van der Waals surface area contributed by atoms with Crippen LogP contribution in [0.3, 0.4) is 0 Å². The molecule has 0 radical (unpaired) electrons. The molecule has 0 fully saturated rings. The van der Waals surface area contributed by atoms with Gasteiger partial charge in [-0.3, -0.25) is 4.39 Å². The molecule has 0 bridgehead atoms. The number of alkyl halides is 1. The van der Waals surface area contributed by atoms with E-state index in [2.05, 4.69) is 6.92 Å². The zero-order chi connectivity index (χ0) is 4.83. The van der Waals surface area contributed by atoms with Gasteiger partial charge in [-0.15, -0.1) is 0 Å². The summed E-state index contributed by atoms with van der Waals surface area (Å²) in [5.74, 6) is 0. The van der Waals surface area contributed by atoms with Crippen molar-refractivity contribution in [1.29, 1.82) is 0 Å². The molecule has 0 N–H and O–H groups in total. The van der Waals surface area contributed by atoms with Crippen LogP contribution < -0.4 is 0 Å². The lowest BCUT2D eigenvalue weighted by Gasteiger charge is -1.82. The molecule has 0 aromatic rings. The van der Waals surface area contributed by atoms with E-state index in [0.29, 0.717) is 0 Å². The Labute approximate surface area is 40.6 Å². The van der Waals surface area contributed by atoms with E-state index in [1.54, 1.807) is 0 Å². The van der Waals surface area contributed by atoms with Gasteiger partial charge in [0.25, 0.3) is 0 Å². The van der Waals surface area contributed by atoms with Gasteiger partial charge < -0.3 is 0 Å². The van der Waals surface area contributed by atoms with Crippen LogP contribution in [0.15, 0.2) is 0 Å². The first-order valence-corrected chi connectivity index (χ1v) is 4.47. The zero-order valence-electron chi connectivity index (χ0n) is 4.21. The van der Waals surface area contributed by atoms with Crippen molar-refractivity contribution in [3.05, 3.63) is 0 Å². The molecule has 0 unspecified atom stereocenters. The van der Waals surface area contributed by atoms with Crippen molar-refractivity contribution in [2.24, 2.45) is 0 Å². The largest absolute Gasteiger partial charge is 0.256 e. The normalized spacial score (nSPS) is 11.0. The third kappa shape index (κ3) is 4.15. The highest BCUT2D eigenvalue weighted by atomic mass is 28.2. The first-order chi connectivity index (χ1) is 2.91. The molecule has 0 aromatic carbocycles. The van der Waals surface area contributed by atoms with E-state index in [1.807, 2.05) is 0 Å². The van der Waals surface area contributed by atoms with E-state index in [4.69, 9.17) is 0 Å². The molecule has 2 heteroatoms. The lowest BCUT2D eigenvalue weighted by Crippen LogP contribution is -1.88. The molecule has 0 aromatic heterocycles. The third-order valence-corrected chi connectivity index (χ3v) is 2.21. The van der Waals surface area contributed by atoms with Gasteiger partial charge in [0.2, 0.25) is 0 Å². The Morgan fingerprint density at radius 1 is 1.67 bits per heavy atom. The van der Waals surface area contributed by atoms with Crippen LogP contribution in [0.4, 0.5) is 4.39 Å². The molecule has 0 aliphatic heterocycles. The Morgan fingerprint density at radius 3 is 2.50 bits per heavy atom. The van der Waals surface area contributed by atoms with Crippen molar-refractivity contribution in [2.75, 3.05) is 6.30 Å². The molecule has 0 saturated carbocycles. The van der Waals surface area contributed by atoms with E-state index in [-0.39, 0.29) is 15.8 Å². The second-order valence-electron chi connectivity index (χ2n) is 1.40. The van der Waals surface area contributed by atoms with Crippen molar-refractivity contribution >= 4 is 9.52 Å².